The molecule has 0 radical (unpaired) electrons. The quantitative estimate of drug-likeness (QED) is 0.850. The van der Waals surface area contributed by atoms with Crippen LogP contribution < -0.4 is 4.90 Å². The molecule has 8 heteroatoms. The summed E-state index contributed by atoms with van der Waals surface area (Å²) in [7, 11) is -2.16. The maximum absolute atomic E-state index is 12.3. The van der Waals surface area contributed by atoms with Gasteiger partial charge < -0.3 is 10.0 Å². The molecular weight excluding hydrogens is 296 g/mol. The number of carbonyl (C=O) groups excluding carboxylic acids is 1. The number of amides is 1. The number of hydrogen-bond donors (Lipinski definition) is 1. The Morgan fingerprint density at radius 3 is 2.57 bits per heavy atom. The second-order valence-corrected chi connectivity index (χ2v) is 7.06. The van der Waals surface area contributed by atoms with Crippen molar-refractivity contribution in [2.75, 3.05) is 31.3 Å². The van der Waals surface area contributed by atoms with Gasteiger partial charge in [-0.25, -0.2) is 8.42 Å². The van der Waals surface area contributed by atoms with E-state index in [0.29, 0.717) is 11.3 Å². The summed E-state index contributed by atoms with van der Waals surface area (Å²) < 4.78 is 23.7. The number of likely N-dealkylation sites (N-methyl/N-ethyl adjacent to an activating group) is 1. The zero-order valence-electron chi connectivity index (χ0n) is 11.7. The van der Waals surface area contributed by atoms with Gasteiger partial charge in [-0.1, -0.05) is 18.2 Å². The first-order valence-corrected chi connectivity index (χ1v) is 8.10. The minimum absolute atomic E-state index is 0.0190. The van der Waals surface area contributed by atoms with Crippen molar-refractivity contribution in [3.05, 3.63) is 29.8 Å². The lowest BCUT2D eigenvalue weighted by atomic mass is 10.0. The predicted molar refractivity (Wildman–Crippen MR) is 76.6 cm³/mol. The lowest BCUT2D eigenvalue weighted by Crippen LogP contribution is -2.40. The van der Waals surface area contributed by atoms with Crippen molar-refractivity contribution in [1.29, 1.82) is 0 Å². The van der Waals surface area contributed by atoms with Crippen molar-refractivity contribution in [2.24, 2.45) is 0 Å². The fourth-order valence-corrected chi connectivity index (χ4v) is 2.59. The number of fused-ring (bicyclic) bond motifs is 1. The number of rotatable bonds is 4. The molecule has 0 spiro atoms. The van der Waals surface area contributed by atoms with E-state index in [1.807, 2.05) is 0 Å². The van der Waals surface area contributed by atoms with E-state index >= 15 is 0 Å². The molecule has 1 aliphatic rings. The molecule has 0 saturated carbocycles. The van der Waals surface area contributed by atoms with Gasteiger partial charge in [-0.3, -0.25) is 9.59 Å². The van der Waals surface area contributed by atoms with E-state index in [2.05, 4.69) is 0 Å². The lowest BCUT2D eigenvalue weighted by Gasteiger charge is -2.21. The summed E-state index contributed by atoms with van der Waals surface area (Å²) in [4.78, 5) is 24.9. The van der Waals surface area contributed by atoms with E-state index in [0.717, 1.165) is 10.6 Å². The largest absolute Gasteiger partial charge is 0.481 e. The molecule has 0 bridgehead atoms. The van der Waals surface area contributed by atoms with E-state index in [9.17, 15) is 23.1 Å². The number of hydrogen-bond acceptors (Lipinski definition) is 4. The topological polar surface area (TPSA) is 95.0 Å². The Balaban J connectivity index is 2.26. The van der Waals surface area contributed by atoms with E-state index < -0.39 is 27.8 Å². The molecule has 0 aromatic heterocycles. The van der Waals surface area contributed by atoms with Gasteiger partial charge in [0.2, 0.25) is 15.9 Å². The van der Waals surface area contributed by atoms with Crippen LogP contribution in [0.5, 0.6) is 0 Å². The Morgan fingerprint density at radius 1 is 1.38 bits per heavy atom. The molecule has 1 atom stereocenters. The highest BCUT2D eigenvalue weighted by molar-refractivity contribution is 7.88. The number of carboxylic acid groups (broad SMARTS) is 1. The minimum Gasteiger partial charge on any atom is -0.481 e. The Hall–Kier alpha value is -1.93. The fourth-order valence-electron chi connectivity index (χ4n) is 2.25. The summed E-state index contributed by atoms with van der Waals surface area (Å²) in [6, 6.07) is 6.76. The van der Waals surface area contributed by atoms with Gasteiger partial charge in [0.25, 0.3) is 0 Å². The molecule has 1 heterocycles. The molecule has 0 saturated heterocycles. The SMILES string of the molecule is CN(CC(=O)N1C[C@H](C(=O)O)c2ccccc21)S(C)(=O)=O. The van der Waals surface area contributed by atoms with Crippen LogP contribution in [-0.2, 0) is 19.6 Å². The van der Waals surface area contributed by atoms with Gasteiger partial charge in [-0.15, -0.1) is 0 Å². The third-order valence-electron chi connectivity index (χ3n) is 3.49. The number of sulfonamides is 1. The second-order valence-electron chi connectivity index (χ2n) is 4.97. The van der Waals surface area contributed by atoms with Crippen LogP contribution in [0.3, 0.4) is 0 Å². The summed E-state index contributed by atoms with van der Waals surface area (Å²) >= 11 is 0. The molecule has 1 aliphatic heterocycles. The van der Waals surface area contributed by atoms with E-state index in [1.165, 1.54) is 11.9 Å². The molecule has 1 aromatic rings. The van der Waals surface area contributed by atoms with Crippen molar-refractivity contribution < 1.29 is 23.1 Å². The lowest BCUT2D eigenvalue weighted by molar-refractivity contribution is -0.138. The molecule has 2 rings (SSSR count). The zero-order chi connectivity index (χ0) is 15.8. The predicted octanol–water partition coefficient (Wildman–Crippen LogP) is 0.0928. The number of carboxylic acids is 1. The van der Waals surface area contributed by atoms with Crippen LogP contribution in [-0.4, -0.2) is 56.1 Å². The maximum atomic E-state index is 12.3. The third kappa shape index (κ3) is 3.06. The average molecular weight is 312 g/mol. The molecule has 7 nitrogen and oxygen atoms in total. The summed E-state index contributed by atoms with van der Waals surface area (Å²) in [5.41, 5.74) is 1.09. The molecule has 1 amide bonds. The van der Waals surface area contributed by atoms with E-state index in [1.54, 1.807) is 24.3 Å². The number of aliphatic carboxylic acids is 1. The standard InChI is InChI=1S/C13H16N2O5S/c1-14(21(2,19)20)8-12(16)15-7-10(13(17)18)9-5-3-4-6-11(9)15/h3-6,10H,7-8H2,1-2H3,(H,17,18)/t10-/m0/s1. The van der Waals surface area contributed by atoms with Gasteiger partial charge in [-0.2, -0.15) is 4.31 Å². The van der Waals surface area contributed by atoms with Crippen molar-refractivity contribution >= 4 is 27.6 Å². The maximum Gasteiger partial charge on any atom is 0.312 e. The van der Waals surface area contributed by atoms with Crippen LogP contribution in [0.2, 0.25) is 0 Å². The van der Waals surface area contributed by atoms with Crippen LogP contribution in [0, 0.1) is 0 Å². The molecule has 1 aromatic carbocycles. The summed E-state index contributed by atoms with van der Waals surface area (Å²) in [5.74, 6) is -2.23. The first-order valence-electron chi connectivity index (χ1n) is 6.25. The first-order chi connectivity index (χ1) is 9.71. The smallest absolute Gasteiger partial charge is 0.312 e. The Labute approximate surface area is 122 Å². The highest BCUT2D eigenvalue weighted by Crippen LogP contribution is 2.36. The normalized spacial score (nSPS) is 17.9. The Kier molecular flexibility index (Phi) is 4.02. The van der Waals surface area contributed by atoms with Gasteiger partial charge in [0, 0.05) is 19.3 Å². The molecule has 1 N–H and O–H groups in total. The van der Waals surface area contributed by atoms with Gasteiger partial charge >= 0.3 is 5.97 Å². The zero-order valence-corrected chi connectivity index (χ0v) is 12.5. The summed E-state index contributed by atoms with van der Waals surface area (Å²) in [6.07, 6.45) is 1.01. The monoisotopic (exact) mass is 312 g/mol. The molecule has 21 heavy (non-hydrogen) atoms. The van der Waals surface area contributed by atoms with Crippen LogP contribution in [0.1, 0.15) is 11.5 Å². The van der Waals surface area contributed by atoms with E-state index in [-0.39, 0.29) is 13.1 Å². The van der Waals surface area contributed by atoms with Crippen LogP contribution >= 0.6 is 0 Å². The van der Waals surface area contributed by atoms with Crippen molar-refractivity contribution in [2.45, 2.75) is 5.92 Å². The number of benzene rings is 1. The second kappa shape index (κ2) is 5.45. The first kappa shape index (κ1) is 15.5. The van der Waals surface area contributed by atoms with Crippen molar-refractivity contribution in [3.8, 4) is 0 Å². The number of carbonyl (C=O) groups is 2. The molecule has 114 valence electrons. The van der Waals surface area contributed by atoms with Gasteiger partial charge in [0.1, 0.15) is 5.92 Å². The molecule has 0 unspecified atom stereocenters. The Bertz CT molecular complexity index is 686. The van der Waals surface area contributed by atoms with Gasteiger partial charge in [0.15, 0.2) is 0 Å². The van der Waals surface area contributed by atoms with Crippen LogP contribution in [0.25, 0.3) is 0 Å². The molecular formula is C13H16N2O5S. The highest BCUT2D eigenvalue weighted by Gasteiger charge is 2.36. The van der Waals surface area contributed by atoms with Crippen LogP contribution in [0.15, 0.2) is 24.3 Å². The average Bonchev–Trinajstić information content (AvgIpc) is 2.77. The number of nitrogens with zero attached hydrogens (tertiary/aromatic N) is 2. The van der Waals surface area contributed by atoms with Crippen molar-refractivity contribution in [1.82, 2.24) is 4.31 Å². The summed E-state index contributed by atoms with van der Waals surface area (Å²) in [6.45, 7) is -0.301. The minimum atomic E-state index is -3.47. The molecule has 0 aliphatic carbocycles. The summed E-state index contributed by atoms with van der Waals surface area (Å²) in [5, 5.41) is 9.23. The highest BCUT2D eigenvalue weighted by atomic mass is 32.2. The molecule has 0 fully saturated rings. The van der Waals surface area contributed by atoms with Crippen molar-refractivity contribution in [3.63, 3.8) is 0 Å². The van der Waals surface area contributed by atoms with E-state index in [4.69, 9.17) is 0 Å². The fraction of sp³-hybridized carbons (Fsp3) is 0.385. The Morgan fingerprint density at radius 2 is 2.00 bits per heavy atom. The number of anilines is 1. The van der Waals surface area contributed by atoms with Gasteiger partial charge in [0.05, 0.1) is 12.8 Å². The third-order valence-corrected chi connectivity index (χ3v) is 4.75. The van der Waals surface area contributed by atoms with Crippen LogP contribution in [0.4, 0.5) is 5.69 Å². The number of para-hydroxylation sites is 1. The van der Waals surface area contributed by atoms with Gasteiger partial charge in [-0.05, 0) is 11.6 Å².